The summed E-state index contributed by atoms with van der Waals surface area (Å²) in [6.07, 6.45) is -12.5. The molecule has 0 aliphatic carbocycles. The quantitative estimate of drug-likeness (QED) is 0.294. The zero-order valence-corrected chi connectivity index (χ0v) is 18.0. The van der Waals surface area contributed by atoms with E-state index in [-0.39, 0.29) is 29.1 Å². The Morgan fingerprint density at radius 1 is 0.886 bits per heavy atom. The average Bonchev–Trinajstić information content (AvgIpc) is 3.20. The number of nitriles is 1. The number of benzene rings is 2. The molecule has 0 saturated carbocycles. The van der Waals surface area contributed by atoms with Crippen molar-refractivity contribution in [1.29, 1.82) is 5.26 Å². The highest BCUT2D eigenvalue weighted by atomic mass is 35.5. The third-order valence-electron chi connectivity index (χ3n) is 4.78. The van der Waals surface area contributed by atoms with Crippen LogP contribution in [0.3, 0.4) is 0 Å². The fourth-order valence-corrected chi connectivity index (χ4v) is 3.69. The molecule has 1 atom stereocenters. The highest BCUT2D eigenvalue weighted by Gasteiger charge is 2.81. The van der Waals surface area contributed by atoms with Gasteiger partial charge >= 0.3 is 23.9 Å². The normalized spacial score (nSPS) is 14.5. The van der Waals surface area contributed by atoms with E-state index in [2.05, 4.69) is 10.3 Å². The van der Waals surface area contributed by atoms with Crippen LogP contribution in [-0.2, 0) is 5.67 Å². The molecule has 16 heteroatoms. The molecule has 0 radical (unpaired) electrons. The van der Waals surface area contributed by atoms with Crippen molar-refractivity contribution >= 4 is 28.9 Å². The van der Waals surface area contributed by atoms with Crippen LogP contribution in [0.25, 0.3) is 16.9 Å². The molecule has 1 unspecified atom stereocenters. The van der Waals surface area contributed by atoms with Gasteiger partial charge in [-0.1, -0.05) is 34.5 Å². The summed E-state index contributed by atoms with van der Waals surface area (Å²) < 4.78 is 121. The van der Waals surface area contributed by atoms with Crippen molar-refractivity contribution in [3.8, 4) is 23.0 Å². The maximum atomic E-state index is 14.7. The molecular formula is C19H8Cl2F9N5. The van der Waals surface area contributed by atoms with E-state index in [1.807, 2.05) is 6.07 Å². The molecule has 0 fully saturated rings. The van der Waals surface area contributed by atoms with Gasteiger partial charge in [-0.3, -0.25) is 0 Å². The van der Waals surface area contributed by atoms with E-state index in [1.165, 1.54) is 18.2 Å². The Morgan fingerprint density at radius 2 is 1.46 bits per heavy atom. The Morgan fingerprint density at radius 3 is 1.91 bits per heavy atom. The number of aromatic nitrogens is 3. The Kier molecular flexibility index (Phi) is 6.41. The van der Waals surface area contributed by atoms with E-state index in [9.17, 15) is 39.5 Å². The number of nitrogens with two attached hydrogens (primary N) is 1. The molecule has 186 valence electrons. The van der Waals surface area contributed by atoms with Crippen molar-refractivity contribution in [2.24, 2.45) is 0 Å². The van der Waals surface area contributed by atoms with E-state index in [4.69, 9.17) is 34.2 Å². The fourth-order valence-electron chi connectivity index (χ4n) is 3.03. The fraction of sp³-hybridized carbons (Fsp3) is 0.211. The summed E-state index contributed by atoms with van der Waals surface area (Å²) in [5, 5.41) is 14.4. The molecule has 3 aromatic rings. The molecule has 2 aromatic carbocycles. The van der Waals surface area contributed by atoms with Crippen LogP contribution in [0.15, 0.2) is 36.5 Å². The number of anilines is 1. The van der Waals surface area contributed by atoms with Gasteiger partial charge in [-0.2, -0.15) is 40.4 Å². The minimum absolute atomic E-state index is 0.0586. The number of hydrogen-bond donors (Lipinski definition) is 1. The number of hydrogen-bond acceptors (Lipinski definition) is 4. The Balaban J connectivity index is 2.13. The van der Waals surface area contributed by atoms with Crippen LogP contribution in [0.4, 0.5) is 45.2 Å². The standard InChI is InChI=1S/C19H8Cl2F9N5/c20-11-4-10(16(22,18(25,26)27)17(23,24)19(28,29)30)5-12(21)15(11)35-7-14(33-34-35)8-1-2-9(6-31)13(32)3-8/h1-5,7H,32H2. The van der Waals surface area contributed by atoms with Gasteiger partial charge in [0.1, 0.15) is 17.5 Å². The molecule has 5 nitrogen and oxygen atoms in total. The predicted molar refractivity (Wildman–Crippen MR) is 106 cm³/mol. The SMILES string of the molecule is N#Cc1ccc(-c2cn(-c3c(Cl)cc(C(F)(C(F)(F)F)C(F)(F)C(F)(F)F)cc3Cl)nn2)cc1N. The Hall–Kier alpha value is -3.18. The van der Waals surface area contributed by atoms with Crippen LogP contribution in [0.5, 0.6) is 0 Å². The summed E-state index contributed by atoms with van der Waals surface area (Å²) in [7, 11) is 0. The maximum absolute atomic E-state index is 14.7. The predicted octanol–water partition coefficient (Wildman–Crippen LogP) is 6.62. The second-order valence-electron chi connectivity index (χ2n) is 6.98. The topological polar surface area (TPSA) is 80.5 Å². The molecule has 3 rings (SSSR count). The zero-order valence-electron chi connectivity index (χ0n) is 16.5. The lowest BCUT2D eigenvalue weighted by Crippen LogP contribution is -2.59. The number of nitrogen functional groups attached to an aromatic ring is 1. The van der Waals surface area contributed by atoms with Gasteiger partial charge in [0.05, 0.1) is 27.5 Å². The Bertz CT molecular complexity index is 1300. The molecule has 1 aromatic heterocycles. The van der Waals surface area contributed by atoms with Gasteiger partial charge in [0, 0.05) is 11.1 Å². The number of nitrogens with zero attached hydrogens (tertiary/aromatic N) is 4. The molecule has 0 bridgehead atoms. The van der Waals surface area contributed by atoms with Crippen LogP contribution in [0.2, 0.25) is 10.0 Å². The van der Waals surface area contributed by atoms with Crippen LogP contribution in [-0.4, -0.2) is 33.3 Å². The van der Waals surface area contributed by atoms with Crippen molar-refractivity contribution in [2.45, 2.75) is 23.9 Å². The summed E-state index contributed by atoms with van der Waals surface area (Å²) >= 11 is 11.6. The lowest BCUT2D eigenvalue weighted by molar-refractivity contribution is -0.389. The first kappa shape index (κ1) is 26.4. The van der Waals surface area contributed by atoms with Crippen LogP contribution >= 0.6 is 23.2 Å². The first-order valence-corrected chi connectivity index (χ1v) is 9.63. The van der Waals surface area contributed by atoms with Gasteiger partial charge in [0.2, 0.25) is 0 Å². The molecule has 1 heterocycles. The van der Waals surface area contributed by atoms with Gasteiger partial charge in [-0.25, -0.2) is 9.07 Å². The largest absolute Gasteiger partial charge is 0.457 e. The molecule has 0 spiro atoms. The summed E-state index contributed by atoms with van der Waals surface area (Å²) in [5.74, 6) is -6.89. The summed E-state index contributed by atoms with van der Waals surface area (Å²) in [6.45, 7) is 0. The number of alkyl halides is 9. The van der Waals surface area contributed by atoms with Gasteiger partial charge in [-0.05, 0) is 24.3 Å². The van der Waals surface area contributed by atoms with Crippen molar-refractivity contribution in [3.63, 3.8) is 0 Å². The van der Waals surface area contributed by atoms with E-state index in [0.717, 1.165) is 10.9 Å². The highest BCUT2D eigenvalue weighted by molar-refractivity contribution is 6.37. The monoisotopic (exact) mass is 547 g/mol. The third kappa shape index (κ3) is 4.23. The molecule has 0 saturated heterocycles. The Labute approximate surface area is 199 Å². The smallest absolute Gasteiger partial charge is 0.398 e. The lowest BCUT2D eigenvalue weighted by Gasteiger charge is -2.36. The van der Waals surface area contributed by atoms with Crippen molar-refractivity contribution in [3.05, 3.63) is 57.7 Å². The number of rotatable bonds is 4. The van der Waals surface area contributed by atoms with E-state index >= 15 is 0 Å². The van der Waals surface area contributed by atoms with Crippen LogP contribution < -0.4 is 5.73 Å². The van der Waals surface area contributed by atoms with E-state index in [0.29, 0.717) is 5.56 Å². The number of halogens is 11. The molecule has 2 N–H and O–H groups in total. The van der Waals surface area contributed by atoms with Gasteiger partial charge < -0.3 is 5.73 Å². The van der Waals surface area contributed by atoms with Gasteiger partial charge in [0.15, 0.2) is 0 Å². The van der Waals surface area contributed by atoms with Crippen molar-refractivity contribution < 1.29 is 39.5 Å². The maximum Gasteiger partial charge on any atom is 0.457 e. The van der Waals surface area contributed by atoms with Gasteiger partial charge in [0.25, 0.3) is 0 Å². The van der Waals surface area contributed by atoms with Crippen molar-refractivity contribution in [2.75, 3.05) is 5.73 Å². The van der Waals surface area contributed by atoms with Gasteiger partial charge in [-0.15, -0.1) is 5.10 Å². The molecule has 0 amide bonds. The van der Waals surface area contributed by atoms with Crippen LogP contribution in [0.1, 0.15) is 11.1 Å². The van der Waals surface area contributed by atoms with Crippen LogP contribution in [0, 0.1) is 11.3 Å². The minimum Gasteiger partial charge on any atom is -0.398 e. The lowest BCUT2D eigenvalue weighted by atomic mass is 9.87. The second kappa shape index (κ2) is 8.49. The molecular weight excluding hydrogens is 540 g/mol. The molecule has 35 heavy (non-hydrogen) atoms. The summed E-state index contributed by atoms with van der Waals surface area (Å²) in [4.78, 5) is 0. The second-order valence-corrected chi connectivity index (χ2v) is 7.79. The molecule has 0 aliphatic rings. The summed E-state index contributed by atoms with van der Waals surface area (Å²) in [6, 6.07) is 5.85. The molecule has 0 aliphatic heterocycles. The first-order chi connectivity index (χ1) is 16.0. The first-order valence-electron chi connectivity index (χ1n) is 8.88. The highest BCUT2D eigenvalue weighted by Crippen LogP contribution is 2.59. The van der Waals surface area contributed by atoms with Crippen molar-refractivity contribution in [1.82, 2.24) is 15.0 Å². The third-order valence-corrected chi connectivity index (χ3v) is 5.36. The minimum atomic E-state index is -6.90. The van der Waals surface area contributed by atoms with E-state index in [1.54, 1.807) is 0 Å². The zero-order chi connectivity index (χ0) is 26.6. The van der Waals surface area contributed by atoms with E-state index < -0.39 is 45.2 Å². The average molecular weight is 548 g/mol. The summed E-state index contributed by atoms with van der Waals surface area (Å²) in [5.41, 5.74) is -2.54.